The molecule has 0 bridgehead atoms. The molecule has 26 heavy (non-hydrogen) atoms. The maximum atomic E-state index is 11.0. The second kappa shape index (κ2) is 9.60. The number of rotatable bonds is 6. The Balaban J connectivity index is 0.00000338. The number of nitro benzene ring substituents is 1. The van der Waals surface area contributed by atoms with Crippen molar-refractivity contribution in [1.82, 2.24) is 4.90 Å². The maximum Gasteiger partial charge on any atom is 0.270 e. The van der Waals surface area contributed by atoms with E-state index >= 15 is 0 Å². The zero-order valence-corrected chi connectivity index (χ0v) is 18.1. The normalized spacial score (nSPS) is 18.7. The van der Waals surface area contributed by atoms with Crippen molar-refractivity contribution in [2.24, 2.45) is 16.8 Å². The molecule has 5 nitrogen and oxygen atoms in total. The van der Waals surface area contributed by atoms with Crippen molar-refractivity contribution in [3.63, 3.8) is 0 Å². The van der Waals surface area contributed by atoms with Gasteiger partial charge in [0.05, 0.1) is 10.6 Å². The lowest BCUT2D eigenvalue weighted by molar-refractivity contribution is -0.384. The van der Waals surface area contributed by atoms with Gasteiger partial charge in [0.15, 0.2) is 5.17 Å². The van der Waals surface area contributed by atoms with Crippen LogP contribution >= 0.6 is 24.2 Å². The van der Waals surface area contributed by atoms with Crippen LogP contribution < -0.4 is 0 Å². The lowest BCUT2D eigenvalue weighted by atomic mass is 10.0. The molecule has 2 rings (SSSR count). The standard InChI is InChI=1S/C19H29N3O2S.ClH/c1-12(2)7-17-11-25-19(21(17)10-13(3)4)20-18-14(5)8-16(22(23)24)9-15(18)6;/h8-9,12-13,17H,7,10-11H2,1-6H3;1H/b20-19-;. The Morgan fingerprint density at radius 2 is 1.81 bits per heavy atom. The molecule has 146 valence electrons. The molecule has 7 heteroatoms. The highest BCUT2D eigenvalue weighted by Crippen LogP contribution is 2.34. The van der Waals surface area contributed by atoms with Crippen molar-refractivity contribution < 1.29 is 4.92 Å². The number of non-ortho nitro benzene ring substituents is 1. The van der Waals surface area contributed by atoms with Gasteiger partial charge in [0, 0.05) is 30.5 Å². The first-order valence-corrected chi connectivity index (χ1v) is 9.91. The molecule has 1 fully saturated rings. The highest BCUT2D eigenvalue weighted by molar-refractivity contribution is 8.14. The zero-order chi connectivity index (χ0) is 18.7. The molecule has 1 unspecified atom stereocenters. The molecule has 0 saturated carbocycles. The van der Waals surface area contributed by atoms with Crippen LogP contribution in [0.4, 0.5) is 11.4 Å². The fourth-order valence-electron chi connectivity index (χ4n) is 3.27. The summed E-state index contributed by atoms with van der Waals surface area (Å²) in [6, 6.07) is 3.75. The number of nitrogens with zero attached hydrogens (tertiary/aromatic N) is 3. The van der Waals surface area contributed by atoms with Crippen LogP contribution in [-0.4, -0.2) is 33.3 Å². The quantitative estimate of drug-likeness (QED) is 0.452. The Morgan fingerprint density at radius 3 is 2.27 bits per heavy atom. The third-order valence-corrected chi connectivity index (χ3v) is 5.43. The molecule has 1 aliphatic rings. The van der Waals surface area contributed by atoms with Gasteiger partial charge in [0.1, 0.15) is 0 Å². The van der Waals surface area contributed by atoms with E-state index in [0.717, 1.165) is 40.7 Å². The van der Waals surface area contributed by atoms with Gasteiger partial charge in [0.2, 0.25) is 0 Å². The summed E-state index contributed by atoms with van der Waals surface area (Å²) in [4.78, 5) is 18.1. The first kappa shape index (κ1) is 22.8. The van der Waals surface area contributed by atoms with Crippen molar-refractivity contribution in [1.29, 1.82) is 0 Å². The van der Waals surface area contributed by atoms with E-state index in [1.165, 1.54) is 0 Å². The number of amidine groups is 1. The summed E-state index contributed by atoms with van der Waals surface area (Å²) < 4.78 is 0. The van der Waals surface area contributed by atoms with Crippen molar-refractivity contribution in [3.8, 4) is 0 Å². The number of aryl methyl sites for hydroxylation is 2. The molecule has 1 heterocycles. The smallest absolute Gasteiger partial charge is 0.270 e. The van der Waals surface area contributed by atoms with E-state index in [-0.39, 0.29) is 23.0 Å². The predicted molar refractivity (Wildman–Crippen MR) is 114 cm³/mol. The molecule has 0 spiro atoms. The molecule has 1 atom stereocenters. The fraction of sp³-hybridized carbons (Fsp3) is 0.632. The van der Waals surface area contributed by atoms with E-state index in [0.29, 0.717) is 17.9 Å². The van der Waals surface area contributed by atoms with E-state index in [4.69, 9.17) is 4.99 Å². The molecule has 0 N–H and O–H groups in total. The third-order valence-electron chi connectivity index (χ3n) is 4.29. The van der Waals surface area contributed by atoms with E-state index in [2.05, 4.69) is 32.6 Å². The summed E-state index contributed by atoms with van der Waals surface area (Å²) in [5.41, 5.74) is 2.72. The van der Waals surface area contributed by atoms with Gasteiger partial charge in [-0.3, -0.25) is 10.1 Å². The number of hydrogen-bond donors (Lipinski definition) is 0. The van der Waals surface area contributed by atoms with Crippen LogP contribution in [0.5, 0.6) is 0 Å². The average molecular weight is 400 g/mol. The van der Waals surface area contributed by atoms with Gasteiger partial charge >= 0.3 is 0 Å². The van der Waals surface area contributed by atoms with Crippen molar-refractivity contribution in [2.75, 3.05) is 12.3 Å². The van der Waals surface area contributed by atoms with Crippen LogP contribution in [0.3, 0.4) is 0 Å². The molecule has 0 radical (unpaired) electrons. The summed E-state index contributed by atoms with van der Waals surface area (Å²) >= 11 is 1.81. The van der Waals surface area contributed by atoms with Crippen molar-refractivity contribution in [3.05, 3.63) is 33.4 Å². The minimum atomic E-state index is -0.342. The summed E-state index contributed by atoms with van der Waals surface area (Å²) in [5, 5.41) is 12.1. The van der Waals surface area contributed by atoms with E-state index in [9.17, 15) is 10.1 Å². The van der Waals surface area contributed by atoms with Gasteiger partial charge < -0.3 is 4.90 Å². The third kappa shape index (κ3) is 5.61. The topological polar surface area (TPSA) is 58.7 Å². The summed E-state index contributed by atoms with van der Waals surface area (Å²) in [7, 11) is 0. The number of nitro groups is 1. The van der Waals surface area contributed by atoms with Crippen LogP contribution in [0.15, 0.2) is 17.1 Å². The summed E-state index contributed by atoms with van der Waals surface area (Å²) in [6.45, 7) is 13.8. The monoisotopic (exact) mass is 399 g/mol. The number of aliphatic imine (C=N–C) groups is 1. The van der Waals surface area contributed by atoms with Crippen molar-refractivity contribution in [2.45, 2.75) is 54.0 Å². The van der Waals surface area contributed by atoms with E-state index in [1.54, 1.807) is 12.1 Å². The predicted octanol–water partition coefficient (Wildman–Crippen LogP) is 5.74. The molecule has 0 amide bonds. The minimum Gasteiger partial charge on any atom is -0.347 e. The van der Waals surface area contributed by atoms with Gasteiger partial charge in [-0.15, -0.1) is 12.4 Å². The van der Waals surface area contributed by atoms with Gasteiger partial charge in [-0.05, 0) is 43.2 Å². The SMILES string of the molecule is Cc1cc([N+](=O)[O-])cc(C)c1/N=C1\SCC(CC(C)C)N1CC(C)C.Cl. The molecule has 1 aromatic carbocycles. The molecule has 0 aromatic heterocycles. The summed E-state index contributed by atoms with van der Waals surface area (Å²) in [6.07, 6.45) is 1.16. The van der Waals surface area contributed by atoms with E-state index in [1.807, 2.05) is 25.6 Å². The minimum absolute atomic E-state index is 0. The van der Waals surface area contributed by atoms with Gasteiger partial charge in [-0.25, -0.2) is 4.99 Å². The van der Waals surface area contributed by atoms with Gasteiger partial charge in [0.25, 0.3) is 5.69 Å². The number of hydrogen-bond acceptors (Lipinski definition) is 4. The van der Waals surface area contributed by atoms with E-state index < -0.39 is 0 Å². The lowest BCUT2D eigenvalue weighted by Crippen LogP contribution is -2.37. The fourth-order valence-corrected chi connectivity index (χ4v) is 4.47. The Labute approximate surface area is 167 Å². The first-order chi connectivity index (χ1) is 11.7. The molecule has 1 aliphatic heterocycles. The zero-order valence-electron chi connectivity index (χ0n) is 16.5. The van der Waals surface area contributed by atoms with Crippen LogP contribution in [0, 0.1) is 35.8 Å². The molecular weight excluding hydrogens is 370 g/mol. The summed E-state index contributed by atoms with van der Waals surface area (Å²) in [5.74, 6) is 2.29. The Hall–Kier alpha value is -1.27. The van der Waals surface area contributed by atoms with Crippen LogP contribution in [-0.2, 0) is 0 Å². The number of benzene rings is 1. The molecular formula is C19H30ClN3O2S. The second-order valence-electron chi connectivity index (χ2n) is 7.72. The second-order valence-corrected chi connectivity index (χ2v) is 8.71. The molecule has 0 aliphatic carbocycles. The molecule has 1 saturated heterocycles. The van der Waals surface area contributed by atoms with Gasteiger partial charge in [-0.2, -0.15) is 0 Å². The largest absolute Gasteiger partial charge is 0.347 e. The van der Waals surface area contributed by atoms with Crippen LogP contribution in [0.25, 0.3) is 0 Å². The van der Waals surface area contributed by atoms with Crippen LogP contribution in [0.2, 0.25) is 0 Å². The average Bonchev–Trinajstić information content (AvgIpc) is 2.83. The molecule has 1 aromatic rings. The number of halogens is 1. The van der Waals surface area contributed by atoms with Gasteiger partial charge in [-0.1, -0.05) is 39.5 Å². The first-order valence-electron chi connectivity index (χ1n) is 8.92. The number of thioether (sulfide) groups is 1. The van der Waals surface area contributed by atoms with Crippen molar-refractivity contribution >= 4 is 40.7 Å². The Bertz CT molecular complexity index is 654. The highest BCUT2D eigenvalue weighted by Gasteiger charge is 2.31. The maximum absolute atomic E-state index is 11.0. The lowest BCUT2D eigenvalue weighted by Gasteiger charge is -2.29. The highest BCUT2D eigenvalue weighted by atomic mass is 35.5. The Morgan fingerprint density at radius 1 is 1.23 bits per heavy atom. The van der Waals surface area contributed by atoms with Crippen LogP contribution in [0.1, 0.15) is 45.2 Å². The Kier molecular flexibility index (Phi) is 8.41.